The summed E-state index contributed by atoms with van der Waals surface area (Å²) in [5.74, 6) is 0.378. The van der Waals surface area contributed by atoms with Gasteiger partial charge in [-0.15, -0.1) is 0 Å². The van der Waals surface area contributed by atoms with Crippen molar-refractivity contribution in [3.63, 3.8) is 0 Å². The van der Waals surface area contributed by atoms with Crippen molar-refractivity contribution in [1.82, 2.24) is 5.32 Å². The second kappa shape index (κ2) is 2.27. The van der Waals surface area contributed by atoms with Gasteiger partial charge in [-0.1, -0.05) is 18.2 Å². The van der Waals surface area contributed by atoms with Crippen molar-refractivity contribution in [2.24, 2.45) is 0 Å². The lowest BCUT2D eigenvalue weighted by atomic mass is 10.1. The van der Waals surface area contributed by atoms with Crippen molar-refractivity contribution in [2.75, 3.05) is 5.32 Å². The van der Waals surface area contributed by atoms with Crippen molar-refractivity contribution in [3.05, 3.63) is 29.8 Å². The SMILES string of the molecule is N=C1NCc2ccccc2N1. The highest BCUT2D eigenvalue weighted by Crippen LogP contribution is 2.16. The molecule has 0 aromatic heterocycles. The molecule has 0 saturated carbocycles. The van der Waals surface area contributed by atoms with Gasteiger partial charge in [-0.2, -0.15) is 0 Å². The van der Waals surface area contributed by atoms with Crippen molar-refractivity contribution in [3.8, 4) is 0 Å². The van der Waals surface area contributed by atoms with Crippen LogP contribution in [0.1, 0.15) is 5.56 Å². The molecular formula is C8H9N3. The predicted molar refractivity (Wildman–Crippen MR) is 44.6 cm³/mol. The molecule has 0 saturated heterocycles. The highest BCUT2D eigenvalue weighted by molar-refractivity contribution is 5.93. The number of benzene rings is 1. The third-order valence-corrected chi connectivity index (χ3v) is 1.73. The number of guanidine groups is 1. The fourth-order valence-electron chi connectivity index (χ4n) is 1.16. The van der Waals surface area contributed by atoms with E-state index >= 15 is 0 Å². The fourth-order valence-corrected chi connectivity index (χ4v) is 1.16. The van der Waals surface area contributed by atoms with E-state index in [2.05, 4.69) is 10.6 Å². The quantitative estimate of drug-likeness (QED) is 0.515. The molecule has 0 atom stereocenters. The molecule has 1 aromatic rings. The van der Waals surface area contributed by atoms with Gasteiger partial charge in [0.25, 0.3) is 0 Å². The Labute approximate surface area is 64.9 Å². The van der Waals surface area contributed by atoms with Gasteiger partial charge in [-0.05, 0) is 11.6 Å². The van der Waals surface area contributed by atoms with Crippen LogP contribution in [0.3, 0.4) is 0 Å². The Balaban J connectivity index is 2.41. The second-order valence-electron chi connectivity index (χ2n) is 2.51. The highest BCUT2D eigenvalue weighted by Gasteiger charge is 2.08. The van der Waals surface area contributed by atoms with E-state index < -0.39 is 0 Å². The molecule has 11 heavy (non-hydrogen) atoms. The molecule has 3 heteroatoms. The summed E-state index contributed by atoms with van der Waals surface area (Å²) >= 11 is 0. The number of fused-ring (bicyclic) bond motifs is 1. The Morgan fingerprint density at radius 2 is 2.09 bits per heavy atom. The zero-order valence-corrected chi connectivity index (χ0v) is 6.02. The molecule has 0 radical (unpaired) electrons. The van der Waals surface area contributed by atoms with Gasteiger partial charge in [0.1, 0.15) is 0 Å². The molecule has 0 unspecified atom stereocenters. The smallest absolute Gasteiger partial charge is 0.193 e. The number of anilines is 1. The van der Waals surface area contributed by atoms with E-state index in [0.717, 1.165) is 12.2 Å². The van der Waals surface area contributed by atoms with Crippen LogP contribution in [0.2, 0.25) is 0 Å². The van der Waals surface area contributed by atoms with E-state index in [1.165, 1.54) is 5.56 Å². The standard InChI is InChI=1S/C8H9N3/c9-8-10-5-6-3-1-2-4-7(6)11-8/h1-4H,5H2,(H3,9,10,11). The molecule has 0 fully saturated rings. The summed E-state index contributed by atoms with van der Waals surface area (Å²) in [6, 6.07) is 7.98. The maximum absolute atomic E-state index is 7.30. The van der Waals surface area contributed by atoms with E-state index in [-0.39, 0.29) is 0 Å². The van der Waals surface area contributed by atoms with E-state index in [0.29, 0.717) is 5.96 Å². The maximum atomic E-state index is 7.30. The largest absolute Gasteiger partial charge is 0.352 e. The van der Waals surface area contributed by atoms with Crippen LogP contribution in [0.5, 0.6) is 0 Å². The zero-order valence-electron chi connectivity index (χ0n) is 6.02. The first-order chi connectivity index (χ1) is 5.36. The van der Waals surface area contributed by atoms with Crippen LogP contribution in [0.25, 0.3) is 0 Å². The van der Waals surface area contributed by atoms with Crippen molar-refractivity contribution in [1.29, 1.82) is 5.41 Å². The zero-order chi connectivity index (χ0) is 7.68. The molecule has 0 aliphatic carbocycles. The Hall–Kier alpha value is -1.51. The Kier molecular flexibility index (Phi) is 1.28. The topological polar surface area (TPSA) is 47.9 Å². The summed E-state index contributed by atoms with van der Waals surface area (Å²) in [5.41, 5.74) is 2.25. The lowest BCUT2D eigenvalue weighted by Crippen LogP contribution is -2.33. The first kappa shape index (κ1) is 6.22. The Morgan fingerprint density at radius 3 is 3.00 bits per heavy atom. The molecule has 0 bridgehead atoms. The number of nitrogens with one attached hydrogen (secondary N) is 3. The first-order valence-corrected chi connectivity index (χ1v) is 3.53. The molecule has 1 aliphatic heterocycles. The van der Waals surface area contributed by atoms with Crippen molar-refractivity contribution in [2.45, 2.75) is 6.54 Å². The third kappa shape index (κ3) is 1.05. The highest BCUT2D eigenvalue weighted by atomic mass is 15.2. The lowest BCUT2D eigenvalue weighted by Gasteiger charge is -2.19. The van der Waals surface area contributed by atoms with Crippen LogP contribution >= 0.6 is 0 Å². The van der Waals surface area contributed by atoms with E-state index in [4.69, 9.17) is 5.41 Å². The van der Waals surface area contributed by atoms with Crippen LogP contribution in [0.4, 0.5) is 5.69 Å². The van der Waals surface area contributed by atoms with E-state index in [1.807, 2.05) is 24.3 Å². The van der Waals surface area contributed by atoms with Crippen LogP contribution in [-0.2, 0) is 6.54 Å². The average molecular weight is 147 g/mol. The third-order valence-electron chi connectivity index (χ3n) is 1.73. The summed E-state index contributed by atoms with van der Waals surface area (Å²) in [6.45, 7) is 0.752. The molecule has 1 heterocycles. The number of hydrogen-bond donors (Lipinski definition) is 3. The van der Waals surface area contributed by atoms with Crippen LogP contribution in [0.15, 0.2) is 24.3 Å². The summed E-state index contributed by atoms with van der Waals surface area (Å²) < 4.78 is 0. The minimum Gasteiger partial charge on any atom is -0.352 e. The molecule has 1 aromatic carbocycles. The lowest BCUT2D eigenvalue weighted by molar-refractivity contribution is 0.885. The molecule has 2 rings (SSSR count). The average Bonchev–Trinajstić information content (AvgIpc) is 2.04. The number of hydrogen-bond acceptors (Lipinski definition) is 1. The summed E-state index contributed by atoms with van der Waals surface area (Å²) in [5, 5.41) is 13.1. The molecule has 3 nitrogen and oxygen atoms in total. The molecular weight excluding hydrogens is 138 g/mol. The van der Waals surface area contributed by atoms with Gasteiger partial charge < -0.3 is 10.6 Å². The molecule has 0 amide bonds. The summed E-state index contributed by atoms with van der Waals surface area (Å²) in [6.07, 6.45) is 0. The second-order valence-corrected chi connectivity index (χ2v) is 2.51. The maximum Gasteiger partial charge on any atom is 0.193 e. The minimum atomic E-state index is 0.378. The van der Waals surface area contributed by atoms with Gasteiger partial charge in [0.2, 0.25) is 0 Å². The number of rotatable bonds is 0. The van der Waals surface area contributed by atoms with Gasteiger partial charge >= 0.3 is 0 Å². The van der Waals surface area contributed by atoms with Gasteiger partial charge in [0, 0.05) is 12.2 Å². The predicted octanol–water partition coefficient (Wildman–Crippen LogP) is 1.14. The van der Waals surface area contributed by atoms with E-state index in [1.54, 1.807) is 0 Å². The van der Waals surface area contributed by atoms with Gasteiger partial charge in [-0.25, -0.2) is 0 Å². The van der Waals surface area contributed by atoms with Crippen LogP contribution < -0.4 is 10.6 Å². The minimum absolute atomic E-state index is 0.378. The molecule has 1 aliphatic rings. The van der Waals surface area contributed by atoms with Gasteiger partial charge in [-0.3, -0.25) is 5.41 Å². The summed E-state index contributed by atoms with van der Waals surface area (Å²) in [4.78, 5) is 0. The fraction of sp³-hybridized carbons (Fsp3) is 0.125. The van der Waals surface area contributed by atoms with Crippen molar-refractivity contribution < 1.29 is 0 Å². The van der Waals surface area contributed by atoms with Crippen molar-refractivity contribution >= 4 is 11.6 Å². The Bertz CT molecular complexity index is 293. The monoisotopic (exact) mass is 147 g/mol. The molecule has 3 N–H and O–H groups in total. The van der Waals surface area contributed by atoms with Gasteiger partial charge in [0.05, 0.1) is 0 Å². The van der Waals surface area contributed by atoms with Crippen LogP contribution in [-0.4, -0.2) is 5.96 Å². The van der Waals surface area contributed by atoms with Crippen LogP contribution in [0, 0.1) is 5.41 Å². The number of para-hydroxylation sites is 1. The molecule has 56 valence electrons. The molecule has 0 spiro atoms. The summed E-state index contributed by atoms with van der Waals surface area (Å²) in [7, 11) is 0. The first-order valence-electron chi connectivity index (χ1n) is 3.53. The van der Waals surface area contributed by atoms with E-state index in [9.17, 15) is 0 Å². The Morgan fingerprint density at radius 1 is 1.27 bits per heavy atom. The normalized spacial score (nSPS) is 14.7. The van der Waals surface area contributed by atoms with Gasteiger partial charge in [0.15, 0.2) is 5.96 Å².